The Balaban J connectivity index is 2.49. The molecule has 3 nitrogen and oxygen atoms in total. The third-order valence-corrected chi connectivity index (χ3v) is 3.66. The third-order valence-electron chi connectivity index (χ3n) is 3.66. The van der Waals surface area contributed by atoms with Crippen LogP contribution in [0.5, 0.6) is 0 Å². The molecule has 0 aliphatic rings. The first-order chi connectivity index (χ1) is 9.04. The molecule has 0 aromatic heterocycles. The van der Waals surface area contributed by atoms with Gasteiger partial charge in [-0.3, -0.25) is 9.69 Å². The standard InChI is InChI=1S/C16H25NO2/c1-4-17(14(3)12-16(18)19)13(2)10-11-15-8-6-5-7-9-15/h5-9,13-14H,4,10-12H2,1-3H3,(H,18,19). The monoisotopic (exact) mass is 263 g/mol. The van der Waals surface area contributed by atoms with Gasteiger partial charge in [0.2, 0.25) is 0 Å². The van der Waals surface area contributed by atoms with E-state index in [1.54, 1.807) is 0 Å². The molecule has 0 aliphatic heterocycles. The molecule has 0 saturated carbocycles. The molecule has 1 aromatic carbocycles. The average molecular weight is 263 g/mol. The number of carboxylic acid groups (broad SMARTS) is 1. The second-order valence-electron chi connectivity index (χ2n) is 5.15. The van der Waals surface area contributed by atoms with Crippen LogP contribution in [-0.4, -0.2) is 34.6 Å². The first-order valence-electron chi connectivity index (χ1n) is 7.06. The van der Waals surface area contributed by atoms with E-state index in [4.69, 9.17) is 5.11 Å². The Morgan fingerprint density at radius 3 is 2.37 bits per heavy atom. The van der Waals surface area contributed by atoms with Crippen LogP contribution < -0.4 is 0 Å². The molecule has 0 radical (unpaired) electrons. The highest BCUT2D eigenvalue weighted by molar-refractivity contribution is 5.67. The predicted octanol–water partition coefficient (Wildman–Crippen LogP) is 3.19. The molecule has 106 valence electrons. The van der Waals surface area contributed by atoms with Gasteiger partial charge in [0.05, 0.1) is 6.42 Å². The Hall–Kier alpha value is -1.35. The number of nitrogens with zero attached hydrogens (tertiary/aromatic N) is 1. The van der Waals surface area contributed by atoms with Gasteiger partial charge < -0.3 is 5.11 Å². The lowest BCUT2D eigenvalue weighted by Gasteiger charge is -2.33. The van der Waals surface area contributed by atoms with E-state index in [2.05, 4.69) is 43.0 Å². The molecule has 2 atom stereocenters. The van der Waals surface area contributed by atoms with Crippen LogP contribution in [0.2, 0.25) is 0 Å². The summed E-state index contributed by atoms with van der Waals surface area (Å²) in [7, 11) is 0. The second-order valence-corrected chi connectivity index (χ2v) is 5.15. The smallest absolute Gasteiger partial charge is 0.304 e. The molecular weight excluding hydrogens is 238 g/mol. The maximum Gasteiger partial charge on any atom is 0.304 e. The van der Waals surface area contributed by atoms with Crippen LogP contribution in [0.1, 0.15) is 39.2 Å². The van der Waals surface area contributed by atoms with Gasteiger partial charge in [-0.2, -0.15) is 0 Å². The van der Waals surface area contributed by atoms with Gasteiger partial charge in [-0.15, -0.1) is 0 Å². The van der Waals surface area contributed by atoms with Crippen molar-refractivity contribution in [2.45, 2.75) is 52.1 Å². The molecular formula is C16H25NO2. The van der Waals surface area contributed by atoms with E-state index >= 15 is 0 Å². The Bertz CT molecular complexity index is 378. The van der Waals surface area contributed by atoms with Crippen LogP contribution in [0.25, 0.3) is 0 Å². The number of hydrogen-bond donors (Lipinski definition) is 1. The van der Waals surface area contributed by atoms with E-state index in [-0.39, 0.29) is 12.5 Å². The number of benzene rings is 1. The van der Waals surface area contributed by atoms with Gasteiger partial charge in [0, 0.05) is 12.1 Å². The lowest BCUT2D eigenvalue weighted by atomic mass is 10.0. The predicted molar refractivity (Wildman–Crippen MR) is 78.3 cm³/mol. The SMILES string of the molecule is CCN(C(C)CCc1ccccc1)C(C)CC(=O)O. The maximum atomic E-state index is 10.8. The first kappa shape index (κ1) is 15.7. The number of aliphatic carboxylic acids is 1. The first-order valence-corrected chi connectivity index (χ1v) is 7.06. The summed E-state index contributed by atoms with van der Waals surface area (Å²) in [6.07, 6.45) is 2.31. The van der Waals surface area contributed by atoms with Crippen LogP contribution in [0.3, 0.4) is 0 Å². The van der Waals surface area contributed by atoms with Crippen molar-refractivity contribution in [1.29, 1.82) is 0 Å². The van der Waals surface area contributed by atoms with Crippen LogP contribution in [0.15, 0.2) is 30.3 Å². The molecule has 0 heterocycles. The maximum absolute atomic E-state index is 10.8. The summed E-state index contributed by atoms with van der Waals surface area (Å²) in [5.41, 5.74) is 1.34. The Morgan fingerprint density at radius 1 is 1.21 bits per heavy atom. The fraction of sp³-hybridized carbons (Fsp3) is 0.562. The fourth-order valence-electron chi connectivity index (χ4n) is 2.61. The Morgan fingerprint density at radius 2 is 1.84 bits per heavy atom. The second kappa shape index (κ2) is 7.95. The molecule has 1 N–H and O–H groups in total. The molecule has 0 aliphatic carbocycles. The molecule has 0 fully saturated rings. The number of rotatable bonds is 8. The molecule has 1 aromatic rings. The van der Waals surface area contributed by atoms with Crippen LogP contribution in [-0.2, 0) is 11.2 Å². The lowest BCUT2D eigenvalue weighted by molar-refractivity contribution is -0.138. The van der Waals surface area contributed by atoms with Gasteiger partial charge in [0.15, 0.2) is 0 Å². The summed E-state index contributed by atoms with van der Waals surface area (Å²) in [6, 6.07) is 10.9. The molecule has 1 rings (SSSR count). The highest BCUT2D eigenvalue weighted by atomic mass is 16.4. The zero-order valence-corrected chi connectivity index (χ0v) is 12.2. The minimum absolute atomic E-state index is 0.0910. The largest absolute Gasteiger partial charge is 0.481 e. The summed E-state index contributed by atoms with van der Waals surface area (Å²) in [5, 5.41) is 8.89. The topological polar surface area (TPSA) is 40.5 Å². The lowest BCUT2D eigenvalue weighted by Crippen LogP contribution is -2.41. The van der Waals surface area contributed by atoms with Crippen LogP contribution in [0.4, 0.5) is 0 Å². The van der Waals surface area contributed by atoms with E-state index in [1.165, 1.54) is 5.56 Å². The molecule has 0 spiro atoms. The summed E-state index contributed by atoms with van der Waals surface area (Å²) < 4.78 is 0. The highest BCUT2D eigenvalue weighted by Crippen LogP contribution is 2.14. The minimum Gasteiger partial charge on any atom is -0.481 e. The average Bonchev–Trinajstić information content (AvgIpc) is 2.37. The number of aryl methyl sites for hydroxylation is 1. The van der Waals surface area contributed by atoms with E-state index in [9.17, 15) is 4.79 Å². The van der Waals surface area contributed by atoms with Gasteiger partial charge in [-0.25, -0.2) is 0 Å². The number of carboxylic acids is 1. The van der Waals surface area contributed by atoms with Crippen molar-refractivity contribution in [2.24, 2.45) is 0 Å². The van der Waals surface area contributed by atoms with Crippen molar-refractivity contribution >= 4 is 5.97 Å². The van der Waals surface area contributed by atoms with Gasteiger partial charge in [-0.05, 0) is 38.8 Å². The molecule has 0 saturated heterocycles. The zero-order chi connectivity index (χ0) is 14.3. The molecule has 0 amide bonds. The highest BCUT2D eigenvalue weighted by Gasteiger charge is 2.20. The van der Waals surface area contributed by atoms with E-state index < -0.39 is 5.97 Å². The molecule has 3 heteroatoms. The van der Waals surface area contributed by atoms with E-state index in [1.807, 2.05) is 13.0 Å². The van der Waals surface area contributed by atoms with Gasteiger partial charge in [-0.1, -0.05) is 37.3 Å². The molecule has 19 heavy (non-hydrogen) atoms. The van der Waals surface area contributed by atoms with Gasteiger partial charge >= 0.3 is 5.97 Å². The van der Waals surface area contributed by atoms with Crippen LogP contribution in [0, 0.1) is 0 Å². The number of carbonyl (C=O) groups is 1. The summed E-state index contributed by atoms with van der Waals surface area (Å²) in [4.78, 5) is 13.1. The van der Waals surface area contributed by atoms with Crippen molar-refractivity contribution in [3.63, 3.8) is 0 Å². The van der Waals surface area contributed by atoms with Crippen LogP contribution >= 0.6 is 0 Å². The summed E-state index contributed by atoms with van der Waals surface area (Å²) in [5.74, 6) is -0.721. The number of hydrogen-bond acceptors (Lipinski definition) is 2. The van der Waals surface area contributed by atoms with Crippen molar-refractivity contribution < 1.29 is 9.90 Å². The van der Waals surface area contributed by atoms with E-state index in [0.29, 0.717) is 6.04 Å². The molecule has 2 unspecified atom stereocenters. The normalized spacial score (nSPS) is 14.3. The van der Waals surface area contributed by atoms with E-state index in [0.717, 1.165) is 19.4 Å². The summed E-state index contributed by atoms with van der Waals surface area (Å²) >= 11 is 0. The van der Waals surface area contributed by atoms with Crippen molar-refractivity contribution in [3.8, 4) is 0 Å². The summed E-state index contributed by atoms with van der Waals surface area (Å²) in [6.45, 7) is 7.17. The van der Waals surface area contributed by atoms with Gasteiger partial charge in [0.25, 0.3) is 0 Å². The van der Waals surface area contributed by atoms with Crippen molar-refractivity contribution in [3.05, 3.63) is 35.9 Å². The Kier molecular flexibility index (Phi) is 6.57. The van der Waals surface area contributed by atoms with Gasteiger partial charge in [0.1, 0.15) is 0 Å². The zero-order valence-electron chi connectivity index (χ0n) is 12.2. The van der Waals surface area contributed by atoms with Crippen molar-refractivity contribution in [2.75, 3.05) is 6.54 Å². The Labute approximate surface area is 116 Å². The third kappa shape index (κ3) is 5.43. The minimum atomic E-state index is -0.721. The molecule has 0 bridgehead atoms. The van der Waals surface area contributed by atoms with Crippen molar-refractivity contribution in [1.82, 2.24) is 4.90 Å². The quantitative estimate of drug-likeness (QED) is 0.783. The fourth-order valence-corrected chi connectivity index (χ4v) is 2.61.